The summed E-state index contributed by atoms with van der Waals surface area (Å²) in [5.74, 6) is -0.121. The lowest BCUT2D eigenvalue weighted by Gasteiger charge is -1.96. The summed E-state index contributed by atoms with van der Waals surface area (Å²) in [5.41, 5.74) is 6.48. The summed E-state index contributed by atoms with van der Waals surface area (Å²) in [6, 6.07) is 1.60. The van der Waals surface area contributed by atoms with Crippen LogP contribution >= 0.6 is 0 Å². The van der Waals surface area contributed by atoms with E-state index < -0.39 is 0 Å². The number of nitrogens with one attached hydrogen (secondary N) is 2. The molecule has 1 amide bonds. The Bertz CT molecular complexity index is 254. The van der Waals surface area contributed by atoms with Gasteiger partial charge in [0, 0.05) is 18.4 Å². The minimum Gasteiger partial charge on any atom is -0.397 e. The fourth-order valence-electron chi connectivity index (χ4n) is 0.798. The van der Waals surface area contributed by atoms with E-state index in [0.29, 0.717) is 17.9 Å². The molecule has 0 unspecified atom stereocenters. The Kier molecular flexibility index (Phi) is 2.15. The van der Waals surface area contributed by atoms with Crippen molar-refractivity contribution in [3.63, 3.8) is 0 Å². The van der Waals surface area contributed by atoms with Gasteiger partial charge >= 0.3 is 0 Å². The highest BCUT2D eigenvalue weighted by Crippen LogP contribution is 2.03. The number of hydrogen-bond donors (Lipinski definition) is 3. The van der Waals surface area contributed by atoms with Crippen molar-refractivity contribution in [1.82, 2.24) is 10.3 Å². The highest BCUT2D eigenvalue weighted by Gasteiger charge is 2.04. The van der Waals surface area contributed by atoms with Crippen LogP contribution in [0.2, 0.25) is 0 Å². The molecule has 11 heavy (non-hydrogen) atoms. The van der Waals surface area contributed by atoms with Crippen LogP contribution in [0.15, 0.2) is 12.3 Å². The Balaban J connectivity index is 2.69. The van der Waals surface area contributed by atoms with Crippen molar-refractivity contribution < 1.29 is 4.79 Å². The number of anilines is 1. The van der Waals surface area contributed by atoms with Gasteiger partial charge in [-0.25, -0.2) is 0 Å². The normalized spacial score (nSPS) is 9.55. The molecule has 0 bridgehead atoms. The lowest BCUT2D eigenvalue weighted by atomic mass is 10.4. The number of nitrogen functional groups attached to an aromatic ring is 1. The zero-order valence-electron chi connectivity index (χ0n) is 6.35. The van der Waals surface area contributed by atoms with Gasteiger partial charge in [0.15, 0.2) is 0 Å². The molecular formula is C7H11N3O. The standard InChI is InChI=1S/C7H11N3O/c1-2-9-7(11)6-3-5(8)4-10-6/h3-4,10H,2,8H2,1H3,(H,9,11). The maximum atomic E-state index is 11.1. The van der Waals surface area contributed by atoms with Crippen LogP contribution in [0.25, 0.3) is 0 Å². The number of aromatic amines is 1. The van der Waals surface area contributed by atoms with Gasteiger partial charge in [-0.15, -0.1) is 0 Å². The van der Waals surface area contributed by atoms with Crippen LogP contribution < -0.4 is 11.1 Å². The number of hydrogen-bond acceptors (Lipinski definition) is 2. The average Bonchev–Trinajstić information content (AvgIpc) is 2.36. The maximum absolute atomic E-state index is 11.1. The minimum atomic E-state index is -0.121. The van der Waals surface area contributed by atoms with Crippen LogP contribution in [0.3, 0.4) is 0 Å². The Labute approximate surface area is 64.8 Å². The molecule has 60 valence electrons. The van der Waals surface area contributed by atoms with E-state index in [4.69, 9.17) is 5.73 Å². The van der Waals surface area contributed by atoms with Crippen LogP contribution in [-0.4, -0.2) is 17.4 Å². The third kappa shape index (κ3) is 1.73. The van der Waals surface area contributed by atoms with Crippen molar-refractivity contribution in [3.8, 4) is 0 Å². The summed E-state index contributed by atoms with van der Waals surface area (Å²) in [7, 11) is 0. The SMILES string of the molecule is CCNC(=O)c1cc(N)c[nH]1. The molecule has 0 aliphatic carbocycles. The van der Waals surface area contributed by atoms with Crippen molar-refractivity contribution in [2.24, 2.45) is 0 Å². The van der Waals surface area contributed by atoms with Crippen LogP contribution in [0, 0.1) is 0 Å². The lowest BCUT2D eigenvalue weighted by molar-refractivity contribution is 0.0951. The molecule has 0 aliphatic rings. The molecule has 4 heteroatoms. The second-order valence-electron chi connectivity index (χ2n) is 2.21. The van der Waals surface area contributed by atoms with Gasteiger partial charge in [-0.1, -0.05) is 0 Å². The number of carbonyl (C=O) groups excluding carboxylic acids is 1. The molecule has 1 aromatic rings. The van der Waals surface area contributed by atoms with Crippen LogP contribution in [0.4, 0.5) is 5.69 Å². The van der Waals surface area contributed by atoms with Gasteiger partial charge in [-0.3, -0.25) is 4.79 Å². The Morgan fingerprint density at radius 1 is 1.82 bits per heavy atom. The smallest absolute Gasteiger partial charge is 0.267 e. The zero-order chi connectivity index (χ0) is 8.27. The van der Waals surface area contributed by atoms with E-state index in [1.54, 1.807) is 12.3 Å². The quantitative estimate of drug-likeness (QED) is 0.573. The average molecular weight is 153 g/mol. The van der Waals surface area contributed by atoms with Gasteiger partial charge in [0.05, 0.1) is 0 Å². The molecule has 0 saturated heterocycles. The van der Waals surface area contributed by atoms with Crippen molar-refractivity contribution in [2.45, 2.75) is 6.92 Å². The van der Waals surface area contributed by atoms with Crippen LogP contribution in [0.5, 0.6) is 0 Å². The van der Waals surface area contributed by atoms with E-state index in [2.05, 4.69) is 10.3 Å². The first-order valence-electron chi connectivity index (χ1n) is 3.46. The van der Waals surface area contributed by atoms with E-state index >= 15 is 0 Å². The van der Waals surface area contributed by atoms with E-state index in [-0.39, 0.29) is 5.91 Å². The summed E-state index contributed by atoms with van der Waals surface area (Å²) < 4.78 is 0. The van der Waals surface area contributed by atoms with Gasteiger partial charge in [0.2, 0.25) is 0 Å². The Hall–Kier alpha value is -1.45. The van der Waals surface area contributed by atoms with Crippen molar-refractivity contribution in [3.05, 3.63) is 18.0 Å². The second kappa shape index (κ2) is 3.09. The van der Waals surface area contributed by atoms with Gasteiger partial charge in [0.1, 0.15) is 5.69 Å². The van der Waals surface area contributed by atoms with Crippen LogP contribution in [0.1, 0.15) is 17.4 Å². The predicted molar refractivity (Wildman–Crippen MR) is 43.2 cm³/mol. The first-order valence-corrected chi connectivity index (χ1v) is 3.46. The zero-order valence-corrected chi connectivity index (χ0v) is 6.35. The van der Waals surface area contributed by atoms with Gasteiger partial charge < -0.3 is 16.0 Å². The molecule has 0 atom stereocenters. The number of rotatable bonds is 2. The summed E-state index contributed by atoms with van der Waals surface area (Å²) >= 11 is 0. The molecule has 0 fully saturated rings. The molecule has 1 aromatic heterocycles. The first-order chi connectivity index (χ1) is 5.24. The minimum absolute atomic E-state index is 0.121. The van der Waals surface area contributed by atoms with Crippen molar-refractivity contribution >= 4 is 11.6 Å². The molecule has 4 N–H and O–H groups in total. The van der Waals surface area contributed by atoms with Gasteiger partial charge in [-0.2, -0.15) is 0 Å². The van der Waals surface area contributed by atoms with Gasteiger partial charge in [0.25, 0.3) is 5.91 Å². The van der Waals surface area contributed by atoms with Gasteiger partial charge in [-0.05, 0) is 13.0 Å². The molecule has 0 spiro atoms. The molecule has 0 aliphatic heterocycles. The first kappa shape index (κ1) is 7.65. The number of H-pyrrole nitrogens is 1. The monoisotopic (exact) mass is 153 g/mol. The molecular weight excluding hydrogens is 142 g/mol. The van der Waals surface area contributed by atoms with E-state index in [1.165, 1.54) is 0 Å². The number of nitrogens with two attached hydrogens (primary N) is 1. The molecule has 0 radical (unpaired) electrons. The van der Waals surface area contributed by atoms with Crippen molar-refractivity contribution in [2.75, 3.05) is 12.3 Å². The van der Waals surface area contributed by atoms with E-state index in [0.717, 1.165) is 0 Å². The molecule has 4 nitrogen and oxygen atoms in total. The molecule has 0 saturated carbocycles. The third-order valence-electron chi connectivity index (χ3n) is 1.29. The fourth-order valence-corrected chi connectivity index (χ4v) is 0.798. The number of carbonyl (C=O) groups is 1. The molecule has 0 aromatic carbocycles. The second-order valence-corrected chi connectivity index (χ2v) is 2.21. The van der Waals surface area contributed by atoms with E-state index in [9.17, 15) is 4.79 Å². The number of aromatic nitrogens is 1. The number of amides is 1. The molecule has 1 rings (SSSR count). The Morgan fingerprint density at radius 2 is 2.55 bits per heavy atom. The van der Waals surface area contributed by atoms with Crippen molar-refractivity contribution in [1.29, 1.82) is 0 Å². The molecule has 1 heterocycles. The highest BCUT2D eigenvalue weighted by atomic mass is 16.1. The lowest BCUT2D eigenvalue weighted by Crippen LogP contribution is -2.22. The summed E-state index contributed by atoms with van der Waals surface area (Å²) in [6.45, 7) is 2.49. The fraction of sp³-hybridized carbons (Fsp3) is 0.286. The third-order valence-corrected chi connectivity index (χ3v) is 1.29. The summed E-state index contributed by atoms with van der Waals surface area (Å²) in [6.07, 6.45) is 1.59. The summed E-state index contributed by atoms with van der Waals surface area (Å²) in [5, 5.41) is 2.65. The predicted octanol–water partition coefficient (Wildman–Crippen LogP) is 0.347. The van der Waals surface area contributed by atoms with E-state index in [1.807, 2.05) is 6.92 Å². The summed E-state index contributed by atoms with van der Waals surface area (Å²) in [4.78, 5) is 13.8. The topological polar surface area (TPSA) is 70.9 Å². The Morgan fingerprint density at radius 3 is 3.00 bits per heavy atom. The highest BCUT2D eigenvalue weighted by molar-refractivity contribution is 5.93. The van der Waals surface area contributed by atoms with Crippen LogP contribution in [-0.2, 0) is 0 Å². The largest absolute Gasteiger partial charge is 0.397 e. The maximum Gasteiger partial charge on any atom is 0.267 e.